The summed E-state index contributed by atoms with van der Waals surface area (Å²) in [6.07, 6.45) is -0.842. The summed E-state index contributed by atoms with van der Waals surface area (Å²) in [7, 11) is 0. The lowest BCUT2D eigenvalue weighted by Gasteiger charge is -2.27. The molecule has 2 heterocycles. The highest BCUT2D eigenvalue weighted by atomic mass is 16.6. The molecular weight excluding hydrogens is 458 g/mol. The van der Waals surface area contributed by atoms with Crippen LogP contribution in [0.5, 0.6) is 0 Å². The summed E-state index contributed by atoms with van der Waals surface area (Å²) in [4.78, 5) is 19.5. The molecule has 0 spiro atoms. The van der Waals surface area contributed by atoms with Gasteiger partial charge in [-0.25, -0.2) is 9.78 Å². The molecule has 2 atom stereocenters. The zero-order valence-corrected chi connectivity index (χ0v) is 21.1. The number of ether oxygens (including phenoxy) is 2. The lowest BCUT2D eigenvalue weighted by atomic mass is 10.0. The number of alkyl carbamates (subject to hydrolysis) is 1. The number of hydrogen-bond donors (Lipinski definition) is 2. The second-order valence-corrected chi connectivity index (χ2v) is 9.95. The summed E-state index contributed by atoms with van der Waals surface area (Å²) < 4.78 is 17.2. The number of aliphatic hydroxyl groups excluding tert-OH is 1. The number of benzene rings is 2. The van der Waals surface area contributed by atoms with E-state index < -0.39 is 23.8 Å². The Balaban J connectivity index is 1.62. The zero-order valence-electron chi connectivity index (χ0n) is 21.1. The molecule has 0 radical (unpaired) electrons. The standard InChI is InChI=1S/C28H35N3O5/c1-28(2,3)36-27(33)30-22(18-20-10-6-4-7-11-20)24(32)25-29-23(19-21-12-8-5-9-13-21)26(35-25)31-14-16-34-17-15-31/h4-13,22,24,32H,14-19H2,1-3H3,(H,30,33)/t22-,24?/m0/s1. The Kier molecular flexibility index (Phi) is 8.28. The number of carbonyl (C=O) groups is 1. The Bertz CT molecular complexity index is 1110. The quantitative estimate of drug-likeness (QED) is 0.484. The molecule has 1 aromatic heterocycles. The fourth-order valence-corrected chi connectivity index (χ4v) is 4.15. The molecule has 192 valence electrons. The summed E-state index contributed by atoms with van der Waals surface area (Å²) in [5, 5.41) is 14.3. The second kappa shape index (κ2) is 11.6. The largest absolute Gasteiger partial charge is 0.444 e. The summed E-state index contributed by atoms with van der Waals surface area (Å²) in [6, 6.07) is 19.0. The maximum Gasteiger partial charge on any atom is 0.407 e. The van der Waals surface area contributed by atoms with Crippen LogP contribution in [0.2, 0.25) is 0 Å². The minimum atomic E-state index is -1.18. The van der Waals surface area contributed by atoms with Gasteiger partial charge in [-0.2, -0.15) is 0 Å². The number of amides is 1. The number of nitrogens with zero attached hydrogens (tertiary/aromatic N) is 2. The van der Waals surface area contributed by atoms with Crippen molar-refractivity contribution in [1.82, 2.24) is 10.3 Å². The van der Waals surface area contributed by atoms with E-state index >= 15 is 0 Å². The first-order valence-corrected chi connectivity index (χ1v) is 12.4. The maximum absolute atomic E-state index is 12.6. The smallest absolute Gasteiger partial charge is 0.407 e. The van der Waals surface area contributed by atoms with Gasteiger partial charge in [-0.15, -0.1) is 0 Å². The minimum absolute atomic E-state index is 0.166. The topological polar surface area (TPSA) is 97.1 Å². The van der Waals surface area contributed by atoms with Gasteiger partial charge in [0.25, 0.3) is 0 Å². The molecule has 0 bridgehead atoms. The van der Waals surface area contributed by atoms with Gasteiger partial charge >= 0.3 is 6.09 Å². The van der Waals surface area contributed by atoms with Crippen LogP contribution in [-0.2, 0) is 22.3 Å². The van der Waals surface area contributed by atoms with Crippen LogP contribution in [0.15, 0.2) is 65.1 Å². The number of oxazole rings is 1. The number of carbonyl (C=O) groups excluding carboxylic acids is 1. The lowest BCUT2D eigenvalue weighted by Crippen LogP contribution is -2.43. The predicted octanol–water partition coefficient (Wildman–Crippen LogP) is 4.27. The summed E-state index contributed by atoms with van der Waals surface area (Å²) in [6.45, 7) is 7.95. The molecular formula is C28H35N3O5. The van der Waals surface area contributed by atoms with Crippen molar-refractivity contribution in [3.63, 3.8) is 0 Å². The van der Waals surface area contributed by atoms with Crippen LogP contribution >= 0.6 is 0 Å². The van der Waals surface area contributed by atoms with Crippen molar-refractivity contribution in [2.45, 2.75) is 51.4 Å². The highest BCUT2D eigenvalue weighted by Crippen LogP contribution is 2.30. The lowest BCUT2D eigenvalue weighted by molar-refractivity contribution is 0.0389. The number of morpholine rings is 1. The first kappa shape index (κ1) is 25.7. The fourth-order valence-electron chi connectivity index (χ4n) is 4.15. The Hall–Kier alpha value is -3.36. The van der Waals surface area contributed by atoms with Crippen LogP contribution in [0, 0.1) is 0 Å². The Morgan fingerprint density at radius 1 is 1.06 bits per heavy atom. The fraction of sp³-hybridized carbons (Fsp3) is 0.429. The van der Waals surface area contributed by atoms with Crippen LogP contribution in [0.4, 0.5) is 10.7 Å². The van der Waals surface area contributed by atoms with Crippen molar-refractivity contribution in [3.8, 4) is 0 Å². The molecule has 3 aromatic rings. The molecule has 2 aromatic carbocycles. The van der Waals surface area contributed by atoms with E-state index in [4.69, 9.17) is 18.9 Å². The minimum Gasteiger partial charge on any atom is -0.444 e. The molecule has 4 rings (SSSR count). The highest BCUT2D eigenvalue weighted by molar-refractivity contribution is 5.68. The van der Waals surface area contributed by atoms with E-state index in [1.165, 1.54) is 0 Å². The van der Waals surface area contributed by atoms with Gasteiger partial charge in [-0.3, -0.25) is 0 Å². The van der Waals surface area contributed by atoms with Crippen molar-refractivity contribution in [2.75, 3.05) is 31.2 Å². The summed E-state index contributed by atoms with van der Waals surface area (Å²) >= 11 is 0. The first-order valence-electron chi connectivity index (χ1n) is 12.4. The number of hydrogen-bond acceptors (Lipinski definition) is 7. The maximum atomic E-state index is 12.6. The van der Waals surface area contributed by atoms with Crippen molar-refractivity contribution >= 4 is 12.0 Å². The van der Waals surface area contributed by atoms with Gasteiger partial charge in [-0.05, 0) is 38.3 Å². The molecule has 1 aliphatic heterocycles. The molecule has 8 nitrogen and oxygen atoms in total. The summed E-state index contributed by atoms with van der Waals surface area (Å²) in [5.74, 6) is 0.798. The number of anilines is 1. The van der Waals surface area contributed by atoms with Gasteiger partial charge in [-0.1, -0.05) is 60.7 Å². The molecule has 1 amide bonds. The number of nitrogens with one attached hydrogen (secondary N) is 1. The number of aromatic nitrogens is 1. The van der Waals surface area contributed by atoms with E-state index in [9.17, 15) is 9.90 Å². The third-order valence-corrected chi connectivity index (χ3v) is 5.84. The average molecular weight is 494 g/mol. The average Bonchev–Trinajstić information content (AvgIpc) is 3.27. The van der Waals surface area contributed by atoms with Gasteiger partial charge in [0.15, 0.2) is 6.10 Å². The molecule has 1 aliphatic rings. The van der Waals surface area contributed by atoms with Gasteiger partial charge in [0.1, 0.15) is 11.3 Å². The van der Waals surface area contributed by atoms with Crippen LogP contribution in [-0.4, -0.2) is 54.1 Å². The second-order valence-electron chi connectivity index (χ2n) is 9.95. The molecule has 2 N–H and O–H groups in total. The van der Waals surface area contributed by atoms with Crippen molar-refractivity contribution in [2.24, 2.45) is 0 Å². The zero-order chi connectivity index (χ0) is 25.5. The van der Waals surface area contributed by atoms with E-state index in [2.05, 4.69) is 10.2 Å². The highest BCUT2D eigenvalue weighted by Gasteiger charge is 2.32. The normalized spacial score (nSPS) is 15.8. The van der Waals surface area contributed by atoms with Crippen molar-refractivity contribution in [3.05, 3.63) is 83.4 Å². The van der Waals surface area contributed by atoms with E-state index in [-0.39, 0.29) is 5.89 Å². The molecule has 0 aliphatic carbocycles. The van der Waals surface area contributed by atoms with E-state index in [1.54, 1.807) is 20.8 Å². The van der Waals surface area contributed by atoms with Gasteiger partial charge in [0.05, 0.1) is 19.3 Å². The van der Waals surface area contributed by atoms with Crippen molar-refractivity contribution in [1.29, 1.82) is 0 Å². The molecule has 36 heavy (non-hydrogen) atoms. The Morgan fingerprint density at radius 2 is 1.67 bits per heavy atom. The van der Waals surface area contributed by atoms with Crippen LogP contribution in [0.3, 0.4) is 0 Å². The van der Waals surface area contributed by atoms with Crippen LogP contribution in [0.1, 0.15) is 49.6 Å². The summed E-state index contributed by atoms with van der Waals surface area (Å²) in [5.41, 5.74) is 2.13. The molecule has 8 heteroatoms. The van der Waals surface area contributed by atoms with E-state index in [0.29, 0.717) is 45.0 Å². The van der Waals surface area contributed by atoms with Crippen LogP contribution in [0.25, 0.3) is 0 Å². The molecule has 1 unspecified atom stereocenters. The van der Waals surface area contributed by atoms with Crippen LogP contribution < -0.4 is 10.2 Å². The van der Waals surface area contributed by atoms with Crippen molar-refractivity contribution < 1.29 is 23.8 Å². The number of aliphatic hydroxyl groups is 1. The predicted molar refractivity (Wildman–Crippen MR) is 137 cm³/mol. The van der Waals surface area contributed by atoms with E-state index in [1.807, 2.05) is 60.7 Å². The first-order chi connectivity index (χ1) is 17.3. The van der Waals surface area contributed by atoms with Gasteiger partial charge < -0.3 is 29.2 Å². The van der Waals surface area contributed by atoms with Gasteiger partial charge in [0, 0.05) is 19.5 Å². The Morgan fingerprint density at radius 3 is 2.28 bits per heavy atom. The monoisotopic (exact) mass is 493 g/mol. The third kappa shape index (κ3) is 7.08. The SMILES string of the molecule is CC(C)(C)OC(=O)N[C@@H](Cc1ccccc1)C(O)c1nc(Cc2ccccc2)c(N2CCOCC2)o1. The van der Waals surface area contributed by atoms with Gasteiger partial charge in [0.2, 0.25) is 11.8 Å². The molecule has 0 saturated carbocycles. The molecule has 1 fully saturated rings. The third-order valence-electron chi connectivity index (χ3n) is 5.84. The molecule has 1 saturated heterocycles. The Labute approximate surface area is 212 Å². The number of rotatable bonds is 8. The van der Waals surface area contributed by atoms with E-state index in [0.717, 1.165) is 16.8 Å².